The van der Waals surface area contributed by atoms with E-state index in [1.165, 1.54) is 18.5 Å². The van der Waals surface area contributed by atoms with Crippen LogP contribution in [0.1, 0.15) is 17.2 Å². The van der Waals surface area contributed by atoms with Crippen LogP contribution in [0, 0.1) is 18.3 Å². The molecule has 3 aromatic rings. The zero-order chi connectivity index (χ0) is 16.4. The van der Waals surface area contributed by atoms with Crippen LogP contribution in [-0.4, -0.2) is 13.4 Å². The molecule has 1 heterocycles. The molecule has 0 aliphatic rings. The second-order valence-corrected chi connectivity index (χ2v) is 6.52. The molecule has 116 valence electrons. The number of aryl methyl sites for hydroxylation is 1. The van der Waals surface area contributed by atoms with E-state index in [4.69, 9.17) is 8.60 Å². The Morgan fingerprint density at radius 2 is 1.96 bits per heavy atom. The van der Waals surface area contributed by atoms with Crippen molar-refractivity contribution in [3.8, 4) is 6.07 Å². The molecule has 0 saturated carbocycles. The molecule has 6 nitrogen and oxygen atoms in total. The van der Waals surface area contributed by atoms with E-state index in [1.54, 1.807) is 30.3 Å². The third-order valence-corrected chi connectivity index (χ3v) is 4.60. The lowest BCUT2D eigenvalue weighted by atomic mass is 10.1. The number of benzene rings is 2. The predicted octanol–water partition coefficient (Wildman–Crippen LogP) is 3.11. The molecule has 0 aliphatic heterocycles. The fourth-order valence-electron chi connectivity index (χ4n) is 2.08. The molecule has 23 heavy (non-hydrogen) atoms. The number of nitriles is 1. The van der Waals surface area contributed by atoms with Gasteiger partial charge in [0.15, 0.2) is 18.1 Å². The van der Waals surface area contributed by atoms with Crippen molar-refractivity contribution in [1.82, 2.24) is 4.98 Å². The van der Waals surface area contributed by atoms with Crippen LogP contribution in [0.4, 0.5) is 0 Å². The molecule has 0 saturated heterocycles. The molecule has 2 aromatic carbocycles. The minimum Gasteiger partial charge on any atom is -0.443 e. The van der Waals surface area contributed by atoms with Crippen molar-refractivity contribution >= 4 is 21.2 Å². The Morgan fingerprint density at radius 1 is 1.22 bits per heavy atom. The molecule has 0 amide bonds. The Hall–Kier alpha value is -2.69. The molecule has 0 aliphatic carbocycles. The van der Waals surface area contributed by atoms with Gasteiger partial charge in [-0.2, -0.15) is 13.7 Å². The predicted molar refractivity (Wildman–Crippen MR) is 81.8 cm³/mol. The highest BCUT2D eigenvalue weighted by Crippen LogP contribution is 2.26. The van der Waals surface area contributed by atoms with Gasteiger partial charge in [0.2, 0.25) is 0 Å². The van der Waals surface area contributed by atoms with Gasteiger partial charge in [-0.1, -0.05) is 23.8 Å². The number of hydrogen-bond acceptors (Lipinski definition) is 6. The van der Waals surface area contributed by atoms with Gasteiger partial charge in [0.1, 0.15) is 11.6 Å². The van der Waals surface area contributed by atoms with Crippen LogP contribution in [-0.2, 0) is 14.3 Å². The van der Waals surface area contributed by atoms with Crippen LogP contribution < -0.4 is 0 Å². The van der Waals surface area contributed by atoms with Crippen molar-refractivity contribution in [2.45, 2.75) is 17.9 Å². The van der Waals surface area contributed by atoms with Gasteiger partial charge in [-0.05, 0) is 36.8 Å². The molecule has 0 fully saturated rings. The first-order chi connectivity index (χ1) is 11.0. The smallest absolute Gasteiger partial charge is 0.298 e. The van der Waals surface area contributed by atoms with E-state index in [1.807, 2.05) is 13.0 Å². The van der Waals surface area contributed by atoms with Gasteiger partial charge in [0, 0.05) is 0 Å². The SMILES string of the molecule is Cc1ccc(S(=O)(=O)OC(C#N)c2ccc3ocnc3c2)cc1. The minimum absolute atomic E-state index is 0.00543. The van der Waals surface area contributed by atoms with Crippen LogP contribution in [0.2, 0.25) is 0 Å². The Balaban J connectivity index is 1.92. The Morgan fingerprint density at radius 3 is 2.65 bits per heavy atom. The van der Waals surface area contributed by atoms with Gasteiger partial charge >= 0.3 is 0 Å². The van der Waals surface area contributed by atoms with Crippen molar-refractivity contribution in [1.29, 1.82) is 5.26 Å². The maximum absolute atomic E-state index is 12.3. The summed E-state index contributed by atoms with van der Waals surface area (Å²) in [6.45, 7) is 1.85. The van der Waals surface area contributed by atoms with Crippen molar-refractivity contribution in [3.63, 3.8) is 0 Å². The summed E-state index contributed by atoms with van der Waals surface area (Å²) in [5, 5.41) is 9.27. The summed E-state index contributed by atoms with van der Waals surface area (Å²) >= 11 is 0. The third kappa shape index (κ3) is 3.08. The molecule has 1 unspecified atom stereocenters. The molecule has 7 heteroatoms. The second kappa shape index (κ2) is 5.83. The third-order valence-electron chi connectivity index (χ3n) is 3.31. The van der Waals surface area contributed by atoms with Crippen LogP contribution in [0.5, 0.6) is 0 Å². The first kappa shape index (κ1) is 15.2. The molecular weight excluding hydrogens is 316 g/mol. The summed E-state index contributed by atoms with van der Waals surface area (Å²) < 4.78 is 34.8. The molecule has 0 bridgehead atoms. The van der Waals surface area contributed by atoms with Crippen LogP contribution in [0.25, 0.3) is 11.1 Å². The highest BCUT2D eigenvalue weighted by Gasteiger charge is 2.23. The molecule has 1 aromatic heterocycles. The number of oxazole rings is 1. The zero-order valence-electron chi connectivity index (χ0n) is 12.1. The average molecular weight is 328 g/mol. The summed E-state index contributed by atoms with van der Waals surface area (Å²) in [5.41, 5.74) is 2.40. The maximum Gasteiger partial charge on any atom is 0.298 e. The largest absolute Gasteiger partial charge is 0.443 e. The van der Waals surface area contributed by atoms with E-state index >= 15 is 0 Å². The van der Waals surface area contributed by atoms with Crippen molar-refractivity contribution < 1.29 is 17.0 Å². The van der Waals surface area contributed by atoms with Gasteiger partial charge in [0.05, 0.1) is 4.90 Å². The lowest BCUT2D eigenvalue weighted by Gasteiger charge is -2.11. The first-order valence-electron chi connectivity index (χ1n) is 6.72. The Kier molecular flexibility index (Phi) is 3.86. The fourth-order valence-corrected chi connectivity index (χ4v) is 3.06. The maximum atomic E-state index is 12.3. The normalized spacial score (nSPS) is 12.9. The highest BCUT2D eigenvalue weighted by atomic mass is 32.2. The van der Waals surface area contributed by atoms with Gasteiger partial charge in [0.25, 0.3) is 10.1 Å². The van der Waals surface area contributed by atoms with E-state index in [9.17, 15) is 13.7 Å². The van der Waals surface area contributed by atoms with Gasteiger partial charge in [-0.15, -0.1) is 0 Å². The molecular formula is C16H12N2O4S. The summed E-state index contributed by atoms with van der Waals surface area (Å²) in [4.78, 5) is 3.98. The highest BCUT2D eigenvalue weighted by molar-refractivity contribution is 7.86. The topological polar surface area (TPSA) is 93.2 Å². The van der Waals surface area contributed by atoms with Crippen molar-refractivity contribution in [3.05, 3.63) is 60.0 Å². The monoisotopic (exact) mass is 328 g/mol. The molecule has 1 atom stereocenters. The molecule has 0 spiro atoms. The van der Waals surface area contributed by atoms with Gasteiger partial charge in [-0.3, -0.25) is 0 Å². The standard InChI is InChI=1S/C16H12N2O4S/c1-11-2-5-13(6-3-11)23(19,20)22-16(9-17)12-4-7-15-14(8-12)18-10-21-15/h2-8,10,16H,1H3. The number of hydrogen-bond donors (Lipinski definition) is 0. The Labute approximate surface area is 133 Å². The van der Waals surface area contributed by atoms with E-state index in [2.05, 4.69) is 4.98 Å². The molecule has 3 rings (SSSR count). The zero-order valence-corrected chi connectivity index (χ0v) is 12.9. The summed E-state index contributed by atoms with van der Waals surface area (Å²) in [6.07, 6.45) is 0.0158. The quantitative estimate of drug-likeness (QED) is 0.683. The minimum atomic E-state index is -4.04. The lowest BCUT2D eigenvalue weighted by Crippen LogP contribution is -2.11. The van der Waals surface area contributed by atoms with Crippen LogP contribution in [0.3, 0.4) is 0 Å². The number of nitrogens with zero attached hydrogens (tertiary/aromatic N) is 2. The summed E-state index contributed by atoms with van der Waals surface area (Å²) in [6, 6.07) is 12.8. The molecule has 0 radical (unpaired) electrons. The van der Waals surface area contributed by atoms with E-state index in [-0.39, 0.29) is 4.90 Å². The Bertz CT molecular complexity index is 985. The number of rotatable bonds is 4. The second-order valence-electron chi connectivity index (χ2n) is 4.95. The lowest BCUT2D eigenvalue weighted by molar-refractivity contribution is 0.268. The van der Waals surface area contributed by atoms with Gasteiger partial charge < -0.3 is 4.42 Å². The van der Waals surface area contributed by atoms with E-state index in [0.717, 1.165) is 5.56 Å². The van der Waals surface area contributed by atoms with Crippen molar-refractivity contribution in [2.24, 2.45) is 0 Å². The van der Waals surface area contributed by atoms with Crippen molar-refractivity contribution in [2.75, 3.05) is 0 Å². The summed E-state index contributed by atoms with van der Waals surface area (Å²) in [7, 11) is -4.04. The fraction of sp³-hybridized carbons (Fsp3) is 0.125. The summed E-state index contributed by atoms with van der Waals surface area (Å²) in [5.74, 6) is 0. The van der Waals surface area contributed by atoms with Crippen LogP contribution in [0.15, 0.2) is 58.2 Å². The van der Waals surface area contributed by atoms with E-state index in [0.29, 0.717) is 16.7 Å². The van der Waals surface area contributed by atoms with E-state index < -0.39 is 16.2 Å². The average Bonchev–Trinajstić information content (AvgIpc) is 3.00. The number of aromatic nitrogens is 1. The molecule has 0 N–H and O–H groups in total. The number of fused-ring (bicyclic) bond motifs is 1. The first-order valence-corrected chi connectivity index (χ1v) is 8.13. The van der Waals surface area contributed by atoms with Crippen LogP contribution >= 0.6 is 0 Å². The van der Waals surface area contributed by atoms with Gasteiger partial charge in [-0.25, -0.2) is 9.17 Å².